The molecule has 5 atom stereocenters. The van der Waals surface area contributed by atoms with Crippen LogP contribution < -0.4 is 0 Å². The Morgan fingerprint density at radius 3 is 2.40 bits per heavy atom. The van der Waals surface area contributed by atoms with Gasteiger partial charge in [0.1, 0.15) is 0 Å². The molecule has 1 aliphatic carbocycles. The number of hydrogen-bond acceptors (Lipinski definition) is 5. The van der Waals surface area contributed by atoms with Gasteiger partial charge in [-0.25, -0.2) is 9.78 Å². The molecule has 5 unspecified atom stereocenters. The first-order valence-corrected chi connectivity index (χ1v) is 9.17. The summed E-state index contributed by atoms with van der Waals surface area (Å²) in [7, 11) is 1.49. The van der Waals surface area contributed by atoms with Gasteiger partial charge in [-0.05, 0) is 44.4 Å². The number of ether oxygens (including phenoxy) is 1. The summed E-state index contributed by atoms with van der Waals surface area (Å²) in [6.07, 6.45) is 3.77. The first kappa shape index (κ1) is 20.1. The lowest BCUT2D eigenvalue weighted by molar-refractivity contribution is -0.412. The van der Waals surface area contributed by atoms with Crippen molar-refractivity contribution in [2.24, 2.45) is 17.8 Å². The third kappa shape index (κ3) is 4.49. The molecule has 2 rings (SSSR count). The van der Waals surface area contributed by atoms with Crippen molar-refractivity contribution < 1.29 is 24.1 Å². The Balaban J connectivity index is 1.99. The van der Waals surface area contributed by atoms with Gasteiger partial charge in [0.15, 0.2) is 0 Å². The lowest BCUT2D eigenvalue weighted by Gasteiger charge is -2.37. The fourth-order valence-electron chi connectivity index (χ4n) is 3.78. The molecule has 0 bridgehead atoms. The van der Waals surface area contributed by atoms with Crippen LogP contribution in [0, 0.1) is 17.8 Å². The second kappa shape index (κ2) is 8.43. The molecule has 6 nitrogen and oxygen atoms in total. The summed E-state index contributed by atoms with van der Waals surface area (Å²) >= 11 is 0. The summed E-state index contributed by atoms with van der Waals surface area (Å²) in [5.74, 6) is 0.883. The van der Waals surface area contributed by atoms with Crippen molar-refractivity contribution in [1.29, 1.82) is 0 Å². The maximum atomic E-state index is 12.2. The van der Waals surface area contributed by atoms with Crippen molar-refractivity contribution in [3.8, 4) is 0 Å². The summed E-state index contributed by atoms with van der Waals surface area (Å²) in [4.78, 5) is 36.7. The van der Waals surface area contributed by atoms with Crippen molar-refractivity contribution in [2.75, 3.05) is 7.11 Å². The zero-order chi connectivity index (χ0) is 18.7. The highest BCUT2D eigenvalue weighted by atomic mass is 17.2. The summed E-state index contributed by atoms with van der Waals surface area (Å²) < 4.78 is 5.35. The Hall–Kier alpha value is -1.24. The van der Waals surface area contributed by atoms with Crippen LogP contribution in [0.3, 0.4) is 0 Å². The molecular weight excluding hydrogens is 322 g/mol. The predicted octanol–water partition coefficient (Wildman–Crippen LogP) is 3.07. The van der Waals surface area contributed by atoms with Gasteiger partial charge in [0, 0.05) is 18.8 Å². The number of nitrogens with zero attached hydrogens (tertiary/aromatic N) is 1. The molecule has 0 saturated heterocycles. The largest absolute Gasteiger partial charge is 0.351 e. The molecule has 0 aromatic rings. The monoisotopic (exact) mass is 353 g/mol. The molecule has 6 heteroatoms. The van der Waals surface area contributed by atoms with Crippen molar-refractivity contribution in [2.45, 2.75) is 72.3 Å². The molecule has 0 radical (unpaired) electrons. The molecule has 0 aromatic carbocycles. The average Bonchev–Trinajstić information content (AvgIpc) is 2.80. The Labute approximate surface area is 150 Å². The van der Waals surface area contributed by atoms with Gasteiger partial charge in [0.25, 0.3) is 11.8 Å². The fourth-order valence-corrected chi connectivity index (χ4v) is 3.78. The van der Waals surface area contributed by atoms with Crippen LogP contribution in [0.2, 0.25) is 0 Å². The SMILES string of the molecule is COC(OOC1CC(C)CCC1C(C)C)C(C)N1C(=O)C=C(C)C1=O. The highest BCUT2D eigenvalue weighted by Gasteiger charge is 2.39. The lowest BCUT2D eigenvalue weighted by Crippen LogP contribution is -2.48. The third-order valence-corrected chi connectivity index (χ3v) is 5.40. The van der Waals surface area contributed by atoms with Gasteiger partial charge in [-0.2, -0.15) is 0 Å². The second-order valence-corrected chi connectivity index (χ2v) is 7.74. The van der Waals surface area contributed by atoms with E-state index in [1.807, 2.05) is 0 Å². The molecule has 25 heavy (non-hydrogen) atoms. The quantitative estimate of drug-likeness (QED) is 0.305. The summed E-state index contributed by atoms with van der Waals surface area (Å²) in [5.41, 5.74) is 0.425. The van der Waals surface area contributed by atoms with E-state index in [0.29, 0.717) is 23.3 Å². The molecule has 0 N–H and O–H groups in total. The van der Waals surface area contributed by atoms with Gasteiger partial charge in [0.2, 0.25) is 6.29 Å². The van der Waals surface area contributed by atoms with E-state index in [2.05, 4.69) is 20.8 Å². The Kier molecular flexibility index (Phi) is 6.77. The smallest absolute Gasteiger partial charge is 0.256 e. The normalized spacial score (nSPS) is 30.0. The number of carbonyl (C=O) groups is 2. The van der Waals surface area contributed by atoms with E-state index in [-0.39, 0.29) is 17.9 Å². The maximum absolute atomic E-state index is 12.2. The van der Waals surface area contributed by atoms with E-state index in [0.717, 1.165) is 17.7 Å². The number of amides is 2. The standard InChI is InChI=1S/C19H31NO5/c1-11(2)15-8-7-12(3)9-16(15)24-25-19(23-6)14(5)20-17(21)10-13(4)18(20)22/h10-12,14-16,19H,7-9H2,1-6H3. The van der Waals surface area contributed by atoms with Crippen LogP contribution in [0.15, 0.2) is 11.6 Å². The number of hydrogen-bond donors (Lipinski definition) is 0. The van der Waals surface area contributed by atoms with E-state index in [9.17, 15) is 9.59 Å². The molecule has 2 aliphatic rings. The highest BCUT2D eigenvalue weighted by molar-refractivity contribution is 6.16. The Bertz CT molecular complexity index is 530. The molecule has 2 amide bonds. The first-order chi connectivity index (χ1) is 11.8. The van der Waals surface area contributed by atoms with Crippen LogP contribution >= 0.6 is 0 Å². The maximum Gasteiger partial charge on any atom is 0.256 e. The number of methoxy groups -OCH3 is 1. The molecule has 1 saturated carbocycles. The van der Waals surface area contributed by atoms with Crippen LogP contribution in [-0.2, 0) is 24.1 Å². The number of carbonyl (C=O) groups excluding carboxylic acids is 2. The van der Waals surface area contributed by atoms with E-state index >= 15 is 0 Å². The molecular formula is C19H31NO5. The van der Waals surface area contributed by atoms with Gasteiger partial charge in [-0.15, -0.1) is 0 Å². The zero-order valence-corrected chi connectivity index (χ0v) is 16.2. The van der Waals surface area contributed by atoms with Crippen molar-refractivity contribution in [3.05, 3.63) is 11.6 Å². The Morgan fingerprint density at radius 1 is 1.20 bits per heavy atom. The van der Waals surface area contributed by atoms with Gasteiger partial charge in [-0.3, -0.25) is 14.5 Å². The van der Waals surface area contributed by atoms with Crippen molar-refractivity contribution in [1.82, 2.24) is 4.90 Å². The van der Waals surface area contributed by atoms with Gasteiger partial charge in [0.05, 0.1) is 12.1 Å². The van der Waals surface area contributed by atoms with Crippen LogP contribution in [0.5, 0.6) is 0 Å². The minimum Gasteiger partial charge on any atom is -0.351 e. The number of imide groups is 1. The second-order valence-electron chi connectivity index (χ2n) is 7.74. The molecule has 1 aliphatic heterocycles. The third-order valence-electron chi connectivity index (χ3n) is 5.40. The van der Waals surface area contributed by atoms with E-state index in [1.165, 1.54) is 19.6 Å². The summed E-state index contributed by atoms with van der Waals surface area (Å²) in [6.45, 7) is 9.97. The number of rotatable bonds is 7. The summed E-state index contributed by atoms with van der Waals surface area (Å²) in [6, 6.07) is -0.572. The fraction of sp³-hybridized carbons (Fsp3) is 0.789. The van der Waals surface area contributed by atoms with Crippen LogP contribution in [0.1, 0.15) is 53.9 Å². The van der Waals surface area contributed by atoms with Crippen LogP contribution in [-0.4, -0.2) is 42.3 Å². The molecule has 142 valence electrons. The van der Waals surface area contributed by atoms with Crippen LogP contribution in [0.25, 0.3) is 0 Å². The van der Waals surface area contributed by atoms with Crippen molar-refractivity contribution in [3.63, 3.8) is 0 Å². The first-order valence-electron chi connectivity index (χ1n) is 9.17. The van der Waals surface area contributed by atoms with Gasteiger partial charge < -0.3 is 4.74 Å². The lowest BCUT2D eigenvalue weighted by atomic mass is 9.75. The van der Waals surface area contributed by atoms with Crippen LogP contribution in [0.4, 0.5) is 0 Å². The zero-order valence-electron chi connectivity index (χ0n) is 16.2. The van der Waals surface area contributed by atoms with E-state index < -0.39 is 12.3 Å². The van der Waals surface area contributed by atoms with E-state index in [4.69, 9.17) is 14.5 Å². The van der Waals surface area contributed by atoms with Crippen molar-refractivity contribution >= 4 is 11.8 Å². The average molecular weight is 353 g/mol. The Morgan fingerprint density at radius 2 is 1.88 bits per heavy atom. The van der Waals surface area contributed by atoms with Gasteiger partial charge in [-0.1, -0.05) is 27.2 Å². The highest BCUT2D eigenvalue weighted by Crippen LogP contribution is 2.35. The topological polar surface area (TPSA) is 65.1 Å². The molecule has 1 heterocycles. The van der Waals surface area contributed by atoms with Gasteiger partial charge >= 0.3 is 0 Å². The minimum atomic E-state index is -0.822. The predicted molar refractivity (Wildman–Crippen MR) is 93.2 cm³/mol. The molecule has 1 fully saturated rings. The molecule has 0 spiro atoms. The minimum absolute atomic E-state index is 0.00144. The summed E-state index contributed by atoms with van der Waals surface area (Å²) in [5, 5.41) is 0. The van der Waals surface area contributed by atoms with E-state index in [1.54, 1.807) is 13.8 Å². The molecule has 0 aromatic heterocycles.